The van der Waals surface area contributed by atoms with Crippen molar-refractivity contribution in [1.82, 2.24) is 9.97 Å². The van der Waals surface area contributed by atoms with Gasteiger partial charge in [-0.25, -0.2) is 9.97 Å². The highest BCUT2D eigenvalue weighted by molar-refractivity contribution is 6.48. The van der Waals surface area contributed by atoms with E-state index in [1.54, 1.807) is 24.4 Å². The maximum atomic E-state index is 5.92. The van der Waals surface area contributed by atoms with Gasteiger partial charge in [-0.1, -0.05) is 34.8 Å². The van der Waals surface area contributed by atoms with E-state index >= 15 is 0 Å². The van der Waals surface area contributed by atoms with E-state index in [9.17, 15) is 0 Å². The van der Waals surface area contributed by atoms with Crippen molar-refractivity contribution < 1.29 is 0 Å². The molecule has 0 aliphatic carbocycles. The summed E-state index contributed by atoms with van der Waals surface area (Å²) in [7, 11) is 0. The zero-order chi connectivity index (χ0) is 11.7. The first kappa shape index (κ1) is 11.9. The molecule has 0 aliphatic rings. The van der Waals surface area contributed by atoms with Crippen molar-refractivity contribution in [2.24, 2.45) is 0 Å². The SMILES string of the molecule is Clc1nccc(-c2cc(Cl)c(Cl)c(Cl)c2)n1. The number of hydrogen-bond acceptors (Lipinski definition) is 2. The Kier molecular flexibility index (Phi) is 3.55. The molecule has 2 aromatic rings. The molecule has 0 amide bonds. The van der Waals surface area contributed by atoms with Gasteiger partial charge in [-0.3, -0.25) is 0 Å². The Morgan fingerprint density at radius 1 is 0.938 bits per heavy atom. The lowest BCUT2D eigenvalue weighted by Gasteiger charge is -2.04. The molecule has 82 valence electrons. The highest BCUT2D eigenvalue weighted by atomic mass is 35.5. The predicted octanol–water partition coefficient (Wildman–Crippen LogP) is 4.76. The van der Waals surface area contributed by atoms with Gasteiger partial charge >= 0.3 is 0 Å². The van der Waals surface area contributed by atoms with Crippen LogP contribution in [0.25, 0.3) is 11.3 Å². The van der Waals surface area contributed by atoms with Gasteiger partial charge in [0.1, 0.15) is 0 Å². The smallest absolute Gasteiger partial charge is 0.222 e. The first-order valence-corrected chi connectivity index (χ1v) is 5.72. The maximum absolute atomic E-state index is 5.92. The van der Waals surface area contributed by atoms with Crippen LogP contribution in [0.1, 0.15) is 0 Å². The van der Waals surface area contributed by atoms with E-state index in [0.29, 0.717) is 20.8 Å². The molecular weight excluding hydrogens is 290 g/mol. The minimum Gasteiger partial charge on any atom is -0.226 e. The Bertz CT molecular complexity index is 519. The third-order valence-corrected chi connectivity index (χ3v) is 3.28. The minimum atomic E-state index is 0.166. The summed E-state index contributed by atoms with van der Waals surface area (Å²) in [5, 5.41) is 1.24. The Hall–Kier alpha value is -0.540. The molecule has 1 heterocycles. The number of hydrogen-bond donors (Lipinski definition) is 0. The van der Waals surface area contributed by atoms with E-state index in [1.807, 2.05) is 0 Å². The van der Waals surface area contributed by atoms with Crippen LogP contribution in [0.15, 0.2) is 24.4 Å². The van der Waals surface area contributed by atoms with E-state index in [2.05, 4.69) is 9.97 Å². The molecule has 2 nitrogen and oxygen atoms in total. The van der Waals surface area contributed by atoms with Gasteiger partial charge in [0.05, 0.1) is 20.8 Å². The van der Waals surface area contributed by atoms with Crippen molar-refractivity contribution in [1.29, 1.82) is 0 Å². The van der Waals surface area contributed by atoms with Crippen LogP contribution in [0.2, 0.25) is 20.4 Å². The van der Waals surface area contributed by atoms with Gasteiger partial charge in [-0.05, 0) is 29.8 Å². The summed E-state index contributed by atoms with van der Waals surface area (Å²) in [6.07, 6.45) is 1.56. The Morgan fingerprint density at radius 3 is 2.12 bits per heavy atom. The van der Waals surface area contributed by atoms with Gasteiger partial charge in [-0.15, -0.1) is 0 Å². The molecule has 1 aromatic heterocycles. The van der Waals surface area contributed by atoms with Crippen LogP contribution >= 0.6 is 46.4 Å². The van der Waals surface area contributed by atoms with Crippen molar-refractivity contribution >= 4 is 46.4 Å². The van der Waals surface area contributed by atoms with Crippen LogP contribution in [0.3, 0.4) is 0 Å². The van der Waals surface area contributed by atoms with Crippen molar-refractivity contribution in [2.75, 3.05) is 0 Å². The fraction of sp³-hybridized carbons (Fsp3) is 0. The third kappa shape index (κ3) is 2.41. The molecule has 0 aliphatic heterocycles. The van der Waals surface area contributed by atoms with E-state index in [1.165, 1.54) is 0 Å². The topological polar surface area (TPSA) is 25.8 Å². The summed E-state index contributed by atoms with van der Waals surface area (Å²) in [5.74, 6) is 0. The first-order chi connectivity index (χ1) is 7.58. The van der Waals surface area contributed by atoms with Crippen molar-refractivity contribution in [3.8, 4) is 11.3 Å². The zero-order valence-corrected chi connectivity index (χ0v) is 10.7. The van der Waals surface area contributed by atoms with Gasteiger partial charge in [0.2, 0.25) is 5.28 Å². The molecule has 0 saturated carbocycles. The highest BCUT2D eigenvalue weighted by Gasteiger charge is 2.08. The maximum Gasteiger partial charge on any atom is 0.222 e. The first-order valence-electron chi connectivity index (χ1n) is 4.21. The summed E-state index contributed by atoms with van der Waals surface area (Å²) in [6.45, 7) is 0. The van der Waals surface area contributed by atoms with Crippen LogP contribution in [0, 0.1) is 0 Å². The molecule has 0 bridgehead atoms. The van der Waals surface area contributed by atoms with E-state index in [-0.39, 0.29) is 5.28 Å². The second kappa shape index (κ2) is 4.76. The standard InChI is InChI=1S/C10H4Cl4N2/c11-6-3-5(4-7(12)9(6)13)8-1-2-15-10(14)16-8/h1-4H. The molecular formula is C10H4Cl4N2. The molecule has 1 aromatic carbocycles. The third-order valence-electron chi connectivity index (χ3n) is 1.91. The fourth-order valence-electron chi connectivity index (χ4n) is 1.20. The average molecular weight is 294 g/mol. The Morgan fingerprint density at radius 2 is 1.56 bits per heavy atom. The molecule has 0 N–H and O–H groups in total. The lowest BCUT2D eigenvalue weighted by atomic mass is 10.1. The van der Waals surface area contributed by atoms with E-state index in [0.717, 1.165) is 5.56 Å². The number of nitrogens with zero attached hydrogens (tertiary/aromatic N) is 2. The van der Waals surface area contributed by atoms with Crippen LogP contribution in [0.5, 0.6) is 0 Å². The van der Waals surface area contributed by atoms with Crippen LogP contribution in [-0.2, 0) is 0 Å². The molecule has 6 heteroatoms. The van der Waals surface area contributed by atoms with Crippen LogP contribution < -0.4 is 0 Å². The van der Waals surface area contributed by atoms with Gasteiger partial charge in [-0.2, -0.15) is 0 Å². The lowest BCUT2D eigenvalue weighted by Crippen LogP contribution is -1.87. The van der Waals surface area contributed by atoms with Crippen molar-refractivity contribution in [2.45, 2.75) is 0 Å². The second-order valence-electron chi connectivity index (χ2n) is 2.96. The van der Waals surface area contributed by atoms with Gasteiger partial charge in [0, 0.05) is 11.8 Å². The van der Waals surface area contributed by atoms with E-state index < -0.39 is 0 Å². The average Bonchev–Trinajstić information content (AvgIpc) is 2.25. The monoisotopic (exact) mass is 292 g/mol. The molecule has 0 saturated heterocycles. The Labute approximate surface area is 112 Å². The molecule has 0 fully saturated rings. The summed E-state index contributed by atoms with van der Waals surface area (Å²) in [4.78, 5) is 7.84. The predicted molar refractivity (Wildman–Crippen MR) is 67.5 cm³/mol. The number of aromatic nitrogens is 2. The summed E-state index contributed by atoms with van der Waals surface area (Å²) in [6, 6.07) is 5.06. The summed E-state index contributed by atoms with van der Waals surface area (Å²) < 4.78 is 0. The minimum absolute atomic E-state index is 0.166. The normalized spacial score (nSPS) is 10.5. The summed E-state index contributed by atoms with van der Waals surface area (Å²) in [5.41, 5.74) is 1.38. The van der Waals surface area contributed by atoms with E-state index in [4.69, 9.17) is 46.4 Å². The van der Waals surface area contributed by atoms with Crippen molar-refractivity contribution in [3.63, 3.8) is 0 Å². The molecule has 0 unspecified atom stereocenters. The molecule has 0 spiro atoms. The van der Waals surface area contributed by atoms with Crippen molar-refractivity contribution in [3.05, 3.63) is 44.7 Å². The summed E-state index contributed by atoms with van der Waals surface area (Å²) >= 11 is 23.4. The molecule has 2 rings (SSSR count). The highest BCUT2D eigenvalue weighted by Crippen LogP contribution is 2.34. The van der Waals surface area contributed by atoms with Gasteiger partial charge < -0.3 is 0 Å². The number of benzene rings is 1. The second-order valence-corrected chi connectivity index (χ2v) is 4.50. The number of rotatable bonds is 1. The molecule has 16 heavy (non-hydrogen) atoms. The quantitative estimate of drug-likeness (QED) is 0.560. The van der Waals surface area contributed by atoms with Gasteiger partial charge in [0.25, 0.3) is 0 Å². The largest absolute Gasteiger partial charge is 0.226 e. The van der Waals surface area contributed by atoms with Crippen LogP contribution in [0.4, 0.5) is 0 Å². The number of halogens is 4. The zero-order valence-electron chi connectivity index (χ0n) is 7.72. The van der Waals surface area contributed by atoms with Gasteiger partial charge in [0.15, 0.2) is 0 Å². The fourth-order valence-corrected chi connectivity index (χ4v) is 1.94. The lowest BCUT2D eigenvalue weighted by molar-refractivity contribution is 1.17. The molecule has 0 radical (unpaired) electrons. The Balaban J connectivity index is 2.57. The van der Waals surface area contributed by atoms with Crippen LogP contribution in [-0.4, -0.2) is 9.97 Å². The molecule has 0 atom stereocenters.